The van der Waals surface area contributed by atoms with Crippen molar-refractivity contribution in [3.05, 3.63) is 34.9 Å². The summed E-state index contributed by atoms with van der Waals surface area (Å²) in [4.78, 5) is 0. The number of benzene rings is 1. The molecule has 1 aromatic rings. The predicted octanol–water partition coefficient (Wildman–Crippen LogP) is 3.28. The van der Waals surface area contributed by atoms with Gasteiger partial charge >= 0.3 is 0 Å². The maximum Gasteiger partial charge on any atom is 0.112 e. The normalized spacial score (nSPS) is 22.9. The first-order chi connectivity index (χ1) is 7.55. The molecule has 4 heteroatoms. The van der Waals surface area contributed by atoms with E-state index in [1.165, 1.54) is 5.56 Å². The van der Waals surface area contributed by atoms with E-state index in [1.807, 2.05) is 18.2 Å². The average Bonchev–Trinajstić information content (AvgIpc) is 2.21. The molecule has 0 radical (unpaired) electrons. The van der Waals surface area contributed by atoms with Crippen molar-refractivity contribution in [3.63, 3.8) is 0 Å². The van der Waals surface area contributed by atoms with Crippen LogP contribution in [0.3, 0.4) is 0 Å². The fourth-order valence-electron chi connectivity index (χ4n) is 1.84. The van der Waals surface area contributed by atoms with Crippen LogP contribution in [0.2, 0.25) is 5.02 Å². The molecular formula is C13H19Cl2NO. The molecule has 17 heavy (non-hydrogen) atoms. The van der Waals surface area contributed by atoms with Crippen LogP contribution in [0.5, 0.6) is 0 Å². The molecule has 0 aliphatic carbocycles. The van der Waals surface area contributed by atoms with Gasteiger partial charge in [-0.25, -0.2) is 0 Å². The smallest absolute Gasteiger partial charge is 0.112 e. The van der Waals surface area contributed by atoms with Crippen molar-refractivity contribution in [1.29, 1.82) is 0 Å². The Balaban J connectivity index is 0.00000144. The van der Waals surface area contributed by atoms with Gasteiger partial charge in [-0.15, -0.1) is 12.4 Å². The molecule has 0 saturated carbocycles. The van der Waals surface area contributed by atoms with Gasteiger partial charge in [0.15, 0.2) is 0 Å². The van der Waals surface area contributed by atoms with Crippen LogP contribution < -0.4 is 5.32 Å². The molecule has 1 fully saturated rings. The van der Waals surface area contributed by atoms with Gasteiger partial charge in [0, 0.05) is 23.4 Å². The van der Waals surface area contributed by atoms with Crippen molar-refractivity contribution >= 4 is 24.0 Å². The molecule has 1 heterocycles. The Morgan fingerprint density at radius 3 is 2.82 bits per heavy atom. The third-order valence-electron chi connectivity index (χ3n) is 2.79. The molecule has 1 N–H and O–H groups in total. The number of hydrogen-bond acceptors (Lipinski definition) is 2. The Hall–Kier alpha value is -0.280. The Morgan fingerprint density at radius 1 is 1.47 bits per heavy atom. The SMILES string of the molecule is CC1(C)CNC(Cc2cccc(Cl)c2)OC1.Cl. The molecule has 96 valence electrons. The fraction of sp³-hybridized carbons (Fsp3) is 0.538. The van der Waals surface area contributed by atoms with Crippen molar-refractivity contribution in [2.75, 3.05) is 13.2 Å². The van der Waals surface area contributed by atoms with Gasteiger partial charge in [-0.05, 0) is 17.7 Å². The summed E-state index contributed by atoms with van der Waals surface area (Å²) in [7, 11) is 0. The van der Waals surface area contributed by atoms with Crippen molar-refractivity contribution in [2.45, 2.75) is 26.5 Å². The molecule has 1 unspecified atom stereocenters. The molecule has 2 nitrogen and oxygen atoms in total. The highest BCUT2D eigenvalue weighted by Crippen LogP contribution is 2.21. The first kappa shape index (κ1) is 14.8. The van der Waals surface area contributed by atoms with E-state index in [2.05, 4.69) is 25.2 Å². The summed E-state index contributed by atoms with van der Waals surface area (Å²) in [6.45, 7) is 6.22. The molecule has 0 amide bonds. The van der Waals surface area contributed by atoms with Gasteiger partial charge < -0.3 is 4.74 Å². The van der Waals surface area contributed by atoms with Crippen molar-refractivity contribution < 1.29 is 4.74 Å². The third kappa shape index (κ3) is 4.47. The zero-order chi connectivity index (χ0) is 11.6. The summed E-state index contributed by atoms with van der Waals surface area (Å²) in [5.74, 6) is 0. The van der Waals surface area contributed by atoms with Gasteiger partial charge in [-0.3, -0.25) is 5.32 Å². The van der Waals surface area contributed by atoms with Gasteiger partial charge in [-0.1, -0.05) is 37.6 Å². The van der Waals surface area contributed by atoms with E-state index in [1.54, 1.807) is 0 Å². The summed E-state index contributed by atoms with van der Waals surface area (Å²) in [5, 5.41) is 4.20. The number of nitrogens with one attached hydrogen (secondary N) is 1. The number of halogens is 2. The van der Waals surface area contributed by atoms with E-state index in [0.29, 0.717) is 0 Å². The van der Waals surface area contributed by atoms with Crippen LogP contribution in [0.4, 0.5) is 0 Å². The van der Waals surface area contributed by atoms with Crippen molar-refractivity contribution in [3.8, 4) is 0 Å². The highest BCUT2D eigenvalue weighted by molar-refractivity contribution is 6.30. The molecule has 1 aliphatic rings. The van der Waals surface area contributed by atoms with E-state index in [9.17, 15) is 0 Å². The second-order valence-electron chi connectivity index (χ2n) is 5.18. The molecule has 1 aliphatic heterocycles. The Labute approximate surface area is 114 Å². The minimum Gasteiger partial charge on any atom is -0.362 e. The Morgan fingerprint density at radius 2 is 2.24 bits per heavy atom. The molecule has 1 saturated heterocycles. The topological polar surface area (TPSA) is 21.3 Å². The predicted molar refractivity (Wildman–Crippen MR) is 73.9 cm³/mol. The number of rotatable bonds is 2. The van der Waals surface area contributed by atoms with E-state index in [4.69, 9.17) is 16.3 Å². The van der Waals surface area contributed by atoms with Crippen LogP contribution in [0.1, 0.15) is 19.4 Å². The van der Waals surface area contributed by atoms with Gasteiger partial charge in [0.25, 0.3) is 0 Å². The van der Waals surface area contributed by atoms with Gasteiger partial charge in [0.2, 0.25) is 0 Å². The van der Waals surface area contributed by atoms with Crippen LogP contribution in [0.25, 0.3) is 0 Å². The third-order valence-corrected chi connectivity index (χ3v) is 3.03. The summed E-state index contributed by atoms with van der Waals surface area (Å²) in [6.07, 6.45) is 0.989. The lowest BCUT2D eigenvalue weighted by Crippen LogP contribution is -2.48. The first-order valence-electron chi connectivity index (χ1n) is 5.65. The maximum absolute atomic E-state index is 5.95. The van der Waals surface area contributed by atoms with Crippen LogP contribution >= 0.6 is 24.0 Å². The van der Waals surface area contributed by atoms with Crippen LogP contribution in [-0.4, -0.2) is 19.4 Å². The summed E-state index contributed by atoms with van der Waals surface area (Å²) < 4.78 is 5.78. The molecule has 2 rings (SSSR count). The van der Waals surface area contributed by atoms with Crippen molar-refractivity contribution in [1.82, 2.24) is 5.32 Å². The maximum atomic E-state index is 5.95. The lowest BCUT2D eigenvalue weighted by molar-refractivity contribution is -0.0566. The van der Waals surface area contributed by atoms with Crippen molar-refractivity contribution in [2.24, 2.45) is 5.41 Å². The van der Waals surface area contributed by atoms with Gasteiger partial charge in [0.1, 0.15) is 6.23 Å². The van der Waals surface area contributed by atoms with Crippen LogP contribution in [-0.2, 0) is 11.2 Å². The highest BCUT2D eigenvalue weighted by Gasteiger charge is 2.26. The van der Waals surface area contributed by atoms with E-state index in [-0.39, 0.29) is 24.0 Å². The molecule has 0 spiro atoms. The lowest BCUT2D eigenvalue weighted by Gasteiger charge is -2.35. The zero-order valence-corrected chi connectivity index (χ0v) is 11.8. The second-order valence-corrected chi connectivity index (χ2v) is 5.62. The quantitative estimate of drug-likeness (QED) is 0.895. The van der Waals surface area contributed by atoms with E-state index in [0.717, 1.165) is 24.6 Å². The fourth-order valence-corrected chi connectivity index (χ4v) is 2.05. The van der Waals surface area contributed by atoms with Crippen LogP contribution in [0.15, 0.2) is 24.3 Å². The minimum atomic E-state index is 0. The summed E-state index contributed by atoms with van der Waals surface area (Å²) >= 11 is 5.95. The second kappa shape index (κ2) is 6.05. The largest absolute Gasteiger partial charge is 0.362 e. The molecule has 0 aromatic heterocycles. The van der Waals surface area contributed by atoms with Gasteiger partial charge in [0.05, 0.1) is 6.61 Å². The summed E-state index contributed by atoms with van der Waals surface area (Å²) in [6, 6.07) is 7.94. The molecule has 0 bridgehead atoms. The number of hydrogen-bond donors (Lipinski definition) is 1. The molecule has 1 aromatic carbocycles. The van der Waals surface area contributed by atoms with E-state index < -0.39 is 0 Å². The zero-order valence-electron chi connectivity index (χ0n) is 10.2. The number of ether oxygens (including phenoxy) is 1. The highest BCUT2D eigenvalue weighted by atomic mass is 35.5. The Kier molecular flexibility index (Phi) is 5.26. The molecular weight excluding hydrogens is 257 g/mol. The van der Waals surface area contributed by atoms with E-state index >= 15 is 0 Å². The average molecular weight is 276 g/mol. The minimum absolute atomic E-state index is 0. The van der Waals surface area contributed by atoms with Gasteiger partial charge in [-0.2, -0.15) is 0 Å². The molecule has 1 atom stereocenters. The Bertz CT molecular complexity index is 358. The first-order valence-corrected chi connectivity index (χ1v) is 6.02. The lowest BCUT2D eigenvalue weighted by atomic mass is 9.93. The monoisotopic (exact) mass is 275 g/mol. The standard InChI is InChI=1S/C13H18ClNO.ClH/c1-13(2)8-15-12(16-9-13)7-10-4-3-5-11(14)6-10;/h3-6,12,15H,7-9H2,1-2H3;1H. The summed E-state index contributed by atoms with van der Waals surface area (Å²) in [5.41, 5.74) is 1.45. The van der Waals surface area contributed by atoms with Crippen LogP contribution in [0, 0.1) is 5.41 Å².